The zero-order valence-electron chi connectivity index (χ0n) is 22.5. The number of halogens is 2. The molecular formula is C33H37Cl2PTi-2. The second-order valence-corrected chi connectivity index (χ2v) is 15.2. The van der Waals surface area contributed by atoms with E-state index >= 15 is 0 Å². The molecule has 0 N–H and O–H groups in total. The van der Waals surface area contributed by atoms with Crippen molar-refractivity contribution in [1.82, 2.24) is 0 Å². The molecule has 5 rings (SSSR count). The van der Waals surface area contributed by atoms with Crippen LogP contribution < -0.4 is 5.30 Å². The summed E-state index contributed by atoms with van der Waals surface area (Å²) in [6.07, 6.45) is 2.58. The van der Waals surface area contributed by atoms with Crippen LogP contribution in [0.25, 0.3) is 32.7 Å². The fourth-order valence-corrected chi connectivity index (χ4v) is 8.12. The van der Waals surface area contributed by atoms with Gasteiger partial charge in [0, 0.05) is 0 Å². The molecule has 0 aliphatic heterocycles. The van der Waals surface area contributed by atoms with Crippen LogP contribution in [0.2, 0.25) is 0 Å². The van der Waals surface area contributed by atoms with Crippen molar-refractivity contribution in [2.45, 2.75) is 58.8 Å². The van der Waals surface area contributed by atoms with Gasteiger partial charge in [0.15, 0.2) is 0 Å². The predicted octanol–water partition coefficient (Wildman–Crippen LogP) is 11.2. The number of hydrogen-bond acceptors (Lipinski definition) is 0. The van der Waals surface area contributed by atoms with Gasteiger partial charge in [-0.3, -0.25) is 0 Å². The average molecular weight is 583 g/mol. The minimum absolute atomic E-state index is 0.0252. The van der Waals surface area contributed by atoms with Crippen molar-refractivity contribution in [3.8, 4) is 11.1 Å². The molecule has 5 aromatic rings. The van der Waals surface area contributed by atoms with Gasteiger partial charge in [-0.1, -0.05) is 90.6 Å². The van der Waals surface area contributed by atoms with Crippen LogP contribution in [-0.2, 0) is 17.0 Å². The number of fused-ring (bicyclic) bond motifs is 2. The van der Waals surface area contributed by atoms with E-state index in [-0.39, 0.29) is 7.92 Å². The summed E-state index contributed by atoms with van der Waals surface area (Å²) in [6.45, 7) is 11.6. The van der Waals surface area contributed by atoms with E-state index in [0.29, 0.717) is 0 Å². The molecule has 37 heavy (non-hydrogen) atoms. The van der Waals surface area contributed by atoms with E-state index in [9.17, 15) is 0 Å². The summed E-state index contributed by atoms with van der Waals surface area (Å²) in [6, 6.07) is 35.2. The molecule has 0 bridgehead atoms. The first-order chi connectivity index (χ1) is 17.9. The molecule has 0 spiro atoms. The Morgan fingerprint density at radius 3 is 1.97 bits per heavy atom. The minimum atomic E-state index is -0.556. The summed E-state index contributed by atoms with van der Waals surface area (Å²) in [7, 11) is 9.75. The summed E-state index contributed by atoms with van der Waals surface area (Å²) >= 11 is -0.556. The van der Waals surface area contributed by atoms with Crippen LogP contribution in [-0.4, -0.2) is 11.3 Å². The quantitative estimate of drug-likeness (QED) is 0.106. The molecule has 2 atom stereocenters. The second kappa shape index (κ2) is 15.3. The molecule has 4 heteroatoms. The molecule has 0 radical (unpaired) electrons. The molecule has 0 aromatic heterocycles. The van der Waals surface area contributed by atoms with Gasteiger partial charge in [-0.25, -0.2) is 0 Å². The van der Waals surface area contributed by atoms with E-state index in [0.717, 1.165) is 11.3 Å². The third-order valence-corrected chi connectivity index (χ3v) is 10.5. The molecule has 194 valence electrons. The zero-order valence-corrected chi connectivity index (χ0v) is 26.5. The third-order valence-electron chi connectivity index (χ3n) is 7.01. The van der Waals surface area contributed by atoms with Gasteiger partial charge in [0.25, 0.3) is 0 Å². The molecule has 0 amide bonds. The summed E-state index contributed by atoms with van der Waals surface area (Å²) < 4.78 is 0. The maximum absolute atomic E-state index is 4.89. The van der Waals surface area contributed by atoms with Crippen LogP contribution in [0.15, 0.2) is 97.1 Å². The van der Waals surface area contributed by atoms with Crippen molar-refractivity contribution in [2.75, 3.05) is 0 Å². The van der Waals surface area contributed by atoms with Crippen LogP contribution >= 0.6 is 26.5 Å². The standard InChI is InChI=1S/C17H24P.C16H13.2ClH.Ti/c1-5-13(3)18(14(4)6-2)17-11-15-9-7-8-10-16(15)12-17;1-12-10-14-8-5-9-15(16(14)11-12)13-6-3-2-4-7-13;;;/h7-14H,5-6H2,1-4H3;2-11H,1H3;2*1H;/q2*-1;;;+2/p-2. The topological polar surface area (TPSA) is 0 Å². The number of rotatable bonds is 6. The SMILES string of the molecule is CCC(C)P(c1cc2ccccc2[cH-]1)C(C)CC.Cc1cc2c(-c3ccccc3)cccc2[cH-]1.[Cl][Ti][Cl]. The summed E-state index contributed by atoms with van der Waals surface area (Å²) in [4.78, 5) is 0. The Labute approximate surface area is 241 Å². The van der Waals surface area contributed by atoms with E-state index in [2.05, 4.69) is 132 Å². The van der Waals surface area contributed by atoms with E-state index in [1.807, 2.05) is 0 Å². The van der Waals surface area contributed by atoms with Crippen molar-refractivity contribution >= 4 is 53.4 Å². The Hall–Kier alpha value is -1.40. The zero-order chi connectivity index (χ0) is 26.8. The first kappa shape index (κ1) is 30.2. The van der Waals surface area contributed by atoms with Crippen LogP contribution in [0.1, 0.15) is 46.1 Å². The number of aryl methyl sites for hydroxylation is 1. The number of hydrogen-bond donors (Lipinski definition) is 0. The molecule has 5 aromatic carbocycles. The summed E-state index contributed by atoms with van der Waals surface area (Å²) in [5.74, 6) is 0. The first-order valence-corrected chi connectivity index (χ1v) is 18.8. The van der Waals surface area contributed by atoms with Crippen molar-refractivity contribution in [3.63, 3.8) is 0 Å². The normalized spacial score (nSPS) is 13.2. The Kier molecular flexibility index (Phi) is 12.4. The molecule has 0 heterocycles. The van der Waals surface area contributed by atoms with Gasteiger partial charge >= 0.3 is 35.6 Å². The Morgan fingerprint density at radius 1 is 0.757 bits per heavy atom. The summed E-state index contributed by atoms with van der Waals surface area (Å²) in [5, 5.41) is 7.11. The van der Waals surface area contributed by atoms with Crippen molar-refractivity contribution in [1.29, 1.82) is 0 Å². The van der Waals surface area contributed by atoms with E-state index in [1.165, 1.54) is 51.1 Å². The van der Waals surface area contributed by atoms with Crippen molar-refractivity contribution in [2.24, 2.45) is 0 Å². The molecule has 0 aliphatic carbocycles. The van der Waals surface area contributed by atoms with Gasteiger partial charge in [-0.15, -0.1) is 74.9 Å². The van der Waals surface area contributed by atoms with Gasteiger partial charge in [0.2, 0.25) is 0 Å². The second-order valence-electron chi connectivity index (χ2n) is 9.54. The summed E-state index contributed by atoms with van der Waals surface area (Å²) in [5.41, 5.74) is 5.60. The van der Waals surface area contributed by atoms with E-state index in [1.54, 1.807) is 5.30 Å². The molecule has 0 saturated heterocycles. The Bertz CT molecular complexity index is 1310. The monoisotopic (exact) mass is 582 g/mol. The number of benzene rings is 3. The average Bonchev–Trinajstić information content (AvgIpc) is 3.52. The van der Waals surface area contributed by atoms with Crippen molar-refractivity contribution in [3.05, 3.63) is 103 Å². The van der Waals surface area contributed by atoms with Gasteiger partial charge in [0.05, 0.1) is 0 Å². The van der Waals surface area contributed by atoms with E-state index in [4.69, 9.17) is 18.6 Å². The maximum atomic E-state index is 4.89. The Morgan fingerprint density at radius 2 is 1.35 bits per heavy atom. The fraction of sp³-hybridized carbons (Fsp3) is 0.273. The van der Waals surface area contributed by atoms with E-state index < -0.39 is 17.0 Å². The van der Waals surface area contributed by atoms with Crippen LogP contribution in [0.4, 0.5) is 0 Å². The first-order valence-electron chi connectivity index (χ1n) is 13.0. The molecule has 0 aliphatic rings. The fourth-order valence-electron chi connectivity index (χ4n) is 4.87. The molecule has 0 nitrogen and oxygen atoms in total. The van der Waals surface area contributed by atoms with Gasteiger partial charge in [-0.05, 0) is 29.7 Å². The van der Waals surface area contributed by atoms with Gasteiger partial charge in [-0.2, -0.15) is 12.1 Å². The van der Waals surface area contributed by atoms with Crippen LogP contribution in [0.5, 0.6) is 0 Å². The van der Waals surface area contributed by atoms with Gasteiger partial charge in [0.1, 0.15) is 0 Å². The van der Waals surface area contributed by atoms with Gasteiger partial charge < -0.3 is 0 Å². The predicted molar refractivity (Wildman–Crippen MR) is 167 cm³/mol. The third kappa shape index (κ3) is 8.05. The van der Waals surface area contributed by atoms with Crippen LogP contribution in [0.3, 0.4) is 0 Å². The molecular weight excluding hydrogens is 546 g/mol. The Balaban J connectivity index is 0.000000187. The molecule has 0 fully saturated rings. The van der Waals surface area contributed by atoms with Crippen molar-refractivity contribution < 1.29 is 17.0 Å². The molecule has 0 saturated carbocycles. The molecule has 2 unspecified atom stereocenters. The van der Waals surface area contributed by atoms with Crippen LogP contribution in [0, 0.1) is 6.92 Å².